The van der Waals surface area contributed by atoms with E-state index < -0.39 is 6.10 Å². The molecule has 1 saturated heterocycles. The lowest BCUT2D eigenvalue weighted by molar-refractivity contribution is -0.0667. The molecule has 100 valence electrons. The fourth-order valence-corrected chi connectivity index (χ4v) is 2.49. The van der Waals surface area contributed by atoms with Gasteiger partial charge in [-0.3, -0.25) is 4.90 Å². The number of aliphatic hydroxyl groups is 1. The highest BCUT2D eigenvalue weighted by Crippen LogP contribution is 2.24. The Labute approximate surface area is 117 Å². The summed E-state index contributed by atoms with van der Waals surface area (Å²) in [6.45, 7) is 7.30. The average Bonchev–Trinajstić information content (AvgIpc) is 2.32. The van der Waals surface area contributed by atoms with Gasteiger partial charge < -0.3 is 9.84 Å². The molecule has 0 unspecified atom stereocenters. The van der Waals surface area contributed by atoms with Gasteiger partial charge in [-0.05, 0) is 31.5 Å². The molecule has 4 heteroatoms. The van der Waals surface area contributed by atoms with Crippen LogP contribution in [-0.2, 0) is 4.74 Å². The fraction of sp³-hybridized carbons (Fsp3) is 0.571. The van der Waals surface area contributed by atoms with E-state index in [4.69, 9.17) is 4.74 Å². The van der Waals surface area contributed by atoms with Crippen molar-refractivity contribution in [1.29, 1.82) is 0 Å². The third kappa shape index (κ3) is 3.32. The quantitative estimate of drug-likeness (QED) is 0.931. The molecule has 0 spiro atoms. The van der Waals surface area contributed by atoms with Crippen molar-refractivity contribution in [3.05, 3.63) is 34.3 Å². The van der Waals surface area contributed by atoms with E-state index in [1.54, 1.807) is 0 Å². The molecule has 0 amide bonds. The molecule has 3 nitrogen and oxygen atoms in total. The molecular weight excluding hydrogens is 294 g/mol. The average molecular weight is 314 g/mol. The fourth-order valence-electron chi connectivity index (χ4n) is 2.23. The van der Waals surface area contributed by atoms with E-state index in [-0.39, 0.29) is 5.54 Å². The highest BCUT2D eigenvalue weighted by molar-refractivity contribution is 9.10. The van der Waals surface area contributed by atoms with E-state index >= 15 is 0 Å². The van der Waals surface area contributed by atoms with Gasteiger partial charge in [-0.1, -0.05) is 28.1 Å². The van der Waals surface area contributed by atoms with Crippen molar-refractivity contribution in [1.82, 2.24) is 4.90 Å². The molecule has 1 aromatic carbocycles. The summed E-state index contributed by atoms with van der Waals surface area (Å²) in [7, 11) is 0. The summed E-state index contributed by atoms with van der Waals surface area (Å²) in [6, 6.07) is 7.84. The number of rotatable bonds is 3. The van der Waals surface area contributed by atoms with Crippen LogP contribution in [0, 0.1) is 0 Å². The molecule has 0 bridgehead atoms. The molecule has 1 fully saturated rings. The first-order valence-electron chi connectivity index (χ1n) is 6.25. The van der Waals surface area contributed by atoms with Gasteiger partial charge in [0.25, 0.3) is 0 Å². The molecule has 1 aromatic rings. The molecule has 0 saturated carbocycles. The number of aliphatic hydroxyl groups excluding tert-OH is 1. The molecule has 2 rings (SSSR count). The van der Waals surface area contributed by atoms with Crippen LogP contribution >= 0.6 is 15.9 Å². The van der Waals surface area contributed by atoms with Crippen molar-refractivity contribution in [3.63, 3.8) is 0 Å². The van der Waals surface area contributed by atoms with Gasteiger partial charge in [-0.25, -0.2) is 0 Å². The number of β-amino-alcohol motifs (C(OH)–C–C–N with tert-alkyl or cyclic N) is 1. The minimum absolute atomic E-state index is 0.00536. The van der Waals surface area contributed by atoms with E-state index in [1.807, 2.05) is 24.3 Å². The molecular formula is C14H20BrNO2. The maximum atomic E-state index is 10.3. The second-order valence-corrected chi connectivity index (χ2v) is 6.29. The first kappa shape index (κ1) is 14.0. The van der Waals surface area contributed by atoms with Crippen LogP contribution in [0.4, 0.5) is 0 Å². The van der Waals surface area contributed by atoms with E-state index in [1.165, 1.54) is 0 Å². The number of halogens is 1. The topological polar surface area (TPSA) is 32.7 Å². The zero-order valence-electron chi connectivity index (χ0n) is 10.9. The molecule has 0 aliphatic carbocycles. The van der Waals surface area contributed by atoms with Gasteiger partial charge in [-0.15, -0.1) is 0 Å². The summed E-state index contributed by atoms with van der Waals surface area (Å²) >= 11 is 3.40. The van der Waals surface area contributed by atoms with Gasteiger partial charge in [0, 0.05) is 23.1 Å². The summed E-state index contributed by atoms with van der Waals surface area (Å²) in [5.41, 5.74) is 0.953. The number of benzene rings is 1. The maximum Gasteiger partial charge on any atom is 0.0917 e. The van der Waals surface area contributed by atoms with Crippen LogP contribution < -0.4 is 0 Å². The van der Waals surface area contributed by atoms with Crippen LogP contribution in [0.25, 0.3) is 0 Å². The largest absolute Gasteiger partial charge is 0.387 e. The van der Waals surface area contributed by atoms with Gasteiger partial charge in [0.15, 0.2) is 0 Å². The zero-order chi connectivity index (χ0) is 13.2. The summed E-state index contributed by atoms with van der Waals surface area (Å²) < 4.78 is 6.52. The Morgan fingerprint density at radius 1 is 1.39 bits per heavy atom. The minimum atomic E-state index is -0.449. The van der Waals surface area contributed by atoms with Crippen molar-refractivity contribution in [2.75, 3.05) is 26.3 Å². The number of morpholine rings is 1. The van der Waals surface area contributed by atoms with Crippen LogP contribution in [0.2, 0.25) is 0 Å². The SMILES string of the molecule is CC1(C)COCCN1C[C@@H](O)c1ccc(Br)cc1. The minimum Gasteiger partial charge on any atom is -0.387 e. The first-order chi connectivity index (χ1) is 8.49. The van der Waals surface area contributed by atoms with Gasteiger partial charge in [0.1, 0.15) is 0 Å². The summed E-state index contributed by atoms with van der Waals surface area (Å²) in [5.74, 6) is 0. The highest BCUT2D eigenvalue weighted by Gasteiger charge is 2.31. The summed E-state index contributed by atoms with van der Waals surface area (Å²) in [4.78, 5) is 2.29. The Bertz CT molecular complexity index is 391. The van der Waals surface area contributed by atoms with Crippen molar-refractivity contribution in [3.8, 4) is 0 Å². The second kappa shape index (κ2) is 5.70. The normalized spacial score (nSPS) is 21.8. The van der Waals surface area contributed by atoms with Gasteiger partial charge >= 0.3 is 0 Å². The molecule has 0 radical (unpaired) electrons. The van der Waals surface area contributed by atoms with Crippen LogP contribution in [0.5, 0.6) is 0 Å². The van der Waals surface area contributed by atoms with Gasteiger partial charge in [0.2, 0.25) is 0 Å². The number of hydrogen-bond donors (Lipinski definition) is 1. The van der Waals surface area contributed by atoms with Crippen LogP contribution in [0.3, 0.4) is 0 Å². The van der Waals surface area contributed by atoms with Gasteiger partial charge in [0.05, 0.1) is 19.3 Å². The van der Waals surface area contributed by atoms with E-state index in [2.05, 4.69) is 34.7 Å². The Morgan fingerprint density at radius 3 is 2.67 bits per heavy atom. The molecule has 1 N–H and O–H groups in total. The van der Waals surface area contributed by atoms with Crippen LogP contribution in [-0.4, -0.2) is 41.8 Å². The molecule has 1 aliphatic heterocycles. The lowest BCUT2D eigenvalue weighted by Gasteiger charge is -2.43. The lowest BCUT2D eigenvalue weighted by atomic mass is 10.0. The van der Waals surface area contributed by atoms with E-state index in [0.717, 1.165) is 29.8 Å². The number of nitrogens with zero attached hydrogens (tertiary/aromatic N) is 1. The van der Waals surface area contributed by atoms with Crippen molar-refractivity contribution >= 4 is 15.9 Å². The Kier molecular flexibility index (Phi) is 4.43. The van der Waals surface area contributed by atoms with Crippen LogP contribution in [0.15, 0.2) is 28.7 Å². The van der Waals surface area contributed by atoms with Gasteiger partial charge in [-0.2, -0.15) is 0 Å². The predicted molar refractivity (Wildman–Crippen MR) is 75.6 cm³/mol. The molecule has 1 heterocycles. The predicted octanol–water partition coefficient (Wildman–Crippen LogP) is 2.59. The molecule has 1 atom stereocenters. The number of hydrogen-bond acceptors (Lipinski definition) is 3. The maximum absolute atomic E-state index is 10.3. The van der Waals surface area contributed by atoms with Crippen LogP contribution in [0.1, 0.15) is 25.5 Å². The summed E-state index contributed by atoms with van der Waals surface area (Å²) in [5, 5.41) is 10.3. The highest BCUT2D eigenvalue weighted by atomic mass is 79.9. The Balaban J connectivity index is 2.02. The van der Waals surface area contributed by atoms with E-state index in [9.17, 15) is 5.11 Å². The molecule has 1 aliphatic rings. The smallest absolute Gasteiger partial charge is 0.0917 e. The second-order valence-electron chi connectivity index (χ2n) is 5.38. The zero-order valence-corrected chi connectivity index (χ0v) is 12.5. The lowest BCUT2D eigenvalue weighted by Crippen LogP contribution is -2.54. The van der Waals surface area contributed by atoms with Crippen molar-refractivity contribution in [2.45, 2.75) is 25.5 Å². The van der Waals surface area contributed by atoms with E-state index in [0.29, 0.717) is 6.54 Å². The first-order valence-corrected chi connectivity index (χ1v) is 7.05. The monoisotopic (exact) mass is 313 g/mol. The third-order valence-corrected chi connectivity index (χ3v) is 3.99. The molecule has 18 heavy (non-hydrogen) atoms. The molecule has 0 aromatic heterocycles. The standard InChI is InChI=1S/C14H20BrNO2/c1-14(2)10-18-8-7-16(14)9-13(17)11-3-5-12(15)6-4-11/h3-6,13,17H,7-10H2,1-2H3/t13-/m1/s1. The van der Waals surface area contributed by atoms with Crippen molar-refractivity contribution < 1.29 is 9.84 Å². The summed E-state index contributed by atoms with van der Waals surface area (Å²) in [6.07, 6.45) is -0.449. The Hall–Kier alpha value is -0.420. The Morgan fingerprint density at radius 2 is 2.06 bits per heavy atom. The van der Waals surface area contributed by atoms with Crippen molar-refractivity contribution in [2.24, 2.45) is 0 Å². The third-order valence-electron chi connectivity index (χ3n) is 3.46. The number of ether oxygens (including phenoxy) is 1.